The zero-order chi connectivity index (χ0) is 23.3. The first-order valence-corrected chi connectivity index (χ1v) is 9.90. The number of anilines is 1. The summed E-state index contributed by atoms with van der Waals surface area (Å²) in [4.78, 5) is 27.5. The van der Waals surface area contributed by atoms with Gasteiger partial charge < -0.3 is 19.3 Å². The lowest BCUT2D eigenvalue weighted by Crippen LogP contribution is -2.26. The number of ether oxygens (including phenoxy) is 2. The number of nitro groups is 1. The van der Waals surface area contributed by atoms with Crippen LogP contribution in [-0.2, 0) is 6.54 Å². The van der Waals surface area contributed by atoms with Crippen LogP contribution in [-0.4, -0.2) is 44.0 Å². The van der Waals surface area contributed by atoms with Crippen molar-refractivity contribution < 1.29 is 19.2 Å². The van der Waals surface area contributed by atoms with Gasteiger partial charge in [-0.25, -0.2) is 0 Å². The molecule has 3 rings (SSSR count). The maximum absolute atomic E-state index is 13.2. The molecule has 32 heavy (non-hydrogen) atoms. The quantitative estimate of drug-likeness (QED) is 0.376. The van der Waals surface area contributed by atoms with E-state index < -0.39 is 4.92 Å². The van der Waals surface area contributed by atoms with Crippen LogP contribution in [0.1, 0.15) is 15.9 Å². The lowest BCUT2D eigenvalue weighted by atomic mass is 10.1. The molecule has 0 aliphatic heterocycles. The van der Waals surface area contributed by atoms with Gasteiger partial charge in [0.15, 0.2) is 0 Å². The van der Waals surface area contributed by atoms with Gasteiger partial charge in [-0.1, -0.05) is 12.1 Å². The number of non-ortho nitro benzene ring substituents is 1. The van der Waals surface area contributed by atoms with E-state index in [4.69, 9.17) is 9.47 Å². The van der Waals surface area contributed by atoms with Crippen LogP contribution in [0, 0.1) is 10.1 Å². The molecule has 1 amide bonds. The molecule has 166 valence electrons. The summed E-state index contributed by atoms with van der Waals surface area (Å²) in [6.07, 6.45) is 0. The summed E-state index contributed by atoms with van der Waals surface area (Å²) in [5.41, 5.74) is 1.92. The molecule has 0 aliphatic rings. The Bertz CT molecular complexity index is 1100. The Morgan fingerprint density at radius 1 is 0.938 bits per heavy atom. The van der Waals surface area contributed by atoms with E-state index in [1.807, 2.05) is 43.3 Å². The molecule has 0 fully saturated rings. The highest BCUT2D eigenvalue weighted by Gasteiger charge is 2.21. The van der Waals surface area contributed by atoms with E-state index in [2.05, 4.69) is 0 Å². The standard InChI is InChI=1S/C24H25N3O5/c1-25(2)18-7-5-17(6-8-18)16-26(3)24(28)22-15-19(27(29)30)9-14-23(22)32-21-12-10-20(31-4)11-13-21/h5-15H,16H2,1-4H3. The van der Waals surface area contributed by atoms with Crippen LogP contribution in [0.15, 0.2) is 66.7 Å². The molecule has 0 saturated carbocycles. The fraction of sp³-hybridized carbons (Fsp3) is 0.208. The zero-order valence-corrected chi connectivity index (χ0v) is 18.4. The second-order valence-corrected chi connectivity index (χ2v) is 7.44. The minimum absolute atomic E-state index is 0.113. The highest BCUT2D eigenvalue weighted by molar-refractivity contribution is 5.97. The number of hydrogen-bond donors (Lipinski definition) is 0. The summed E-state index contributed by atoms with van der Waals surface area (Å²) in [7, 11) is 7.12. The molecule has 0 radical (unpaired) electrons. The van der Waals surface area contributed by atoms with Crippen molar-refractivity contribution >= 4 is 17.3 Å². The molecule has 0 N–H and O–H groups in total. The summed E-state index contributed by atoms with van der Waals surface area (Å²) >= 11 is 0. The third kappa shape index (κ3) is 5.34. The van der Waals surface area contributed by atoms with Crippen molar-refractivity contribution in [3.05, 3.63) is 88.0 Å². The van der Waals surface area contributed by atoms with Crippen molar-refractivity contribution in [2.45, 2.75) is 6.54 Å². The SMILES string of the molecule is COc1ccc(Oc2ccc([N+](=O)[O-])cc2C(=O)N(C)Cc2ccc(N(C)C)cc2)cc1. The Hall–Kier alpha value is -4.07. The van der Waals surface area contributed by atoms with Crippen molar-refractivity contribution in [3.8, 4) is 17.2 Å². The molecule has 0 heterocycles. The minimum Gasteiger partial charge on any atom is -0.497 e. The van der Waals surface area contributed by atoms with Gasteiger partial charge in [0, 0.05) is 45.5 Å². The molecule has 0 atom stereocenters. The van der Waals surface area contributed by atoms with Gasteiger partial charge in [-0.3, -0.25) is 14.9 Å². The third-order valence-electron chi connectivity index (χ3n) is 4.91. The van der Waals surface area contributed by atoms with Crippen LogP contribution in [0.2, 0.25) is 0 Å². The first-order valence-electron chi connectivity index (χ1n) is 9.90. The number of methoxy groups -OCH3 is 1. The van der Waals surface area contributed by atoms with Gasteiger partial charge in [0.1, 0.15) is 17.2 Å². The Kier molecular flexibility index (Phi) is 6.94. The molecule has 0 spiro atoms. The van der Waals surface area contributed by atoms with Gasteiger partial charge in [0.25, 0.3) is 11.6 Å². The largest absolute Gasteiger partial charge is 0.497 e. The predicted molar refractivity (Wildman–Crippen MR) is 123 cm³/mol. The first kappa shape index (κ1) is 22.6. The number of nitrogens with zero attached hydrogens (tertiary/aromatic N) is 3. The van der Waals surface area contributed by atoms with Crippen molar-refractivity contribution in [3.63, 3.8) is 0 Å². The summed E-state index contributed by atoms with van der Waals surface area (Å²) in [5.74, 6) is 1.00. The second-order valence-electron chi connectivity index (χ2n) is 7.44. The van der Waals surface area contributed by atoms with E-state index >= 15 is 0 Å². The highest BCUT2D eigenvalue weighted by atomic mass is 16.6. The highest BCUT2D eigenvalue weighted by Crippen LogP contribution is 2.31. The van der Waals surface area contributed by atoms with Gasteiger partial charge in [-0.15, -0.1) is 0 Å². The normalized spacial score (nSPS) is 10.4. The van der Waals surface area contributed by atoms with E-state index in [1.54, 1.807) is 38.4 Å². The Balaban J connectivity index is 1.86. The number of benzene rings is 3. The van der Waals surface area contributed by atoms with E-state index in [0.29, 0.717) is 18.0 Å². The number of carbonyl (C=O) groups excluding carboxylic acids is 1. The van der Waals surface area contributed by atoms with Crippen LogP contribution < -0.4 is 14.4 Å². The lowest BCUT2D eigenvalue weighted by Gasteiger charge is -2.20. The van der Waals surface area contributed by atoms with E-state index in [1.165, 1.54) is 23.1 Å². The second kappa shape index (κ2) is 9.82. The number of rotatable bonds is 8. The molecule has 0 bridgehead atoms. The summed E-state index contributed by atoms with van der Waals surface area (Å²) in [6.45, 7) is 0.344. The Labute approximate surface area is 186 Å². The number of carbonyl (C=O) groups is 1. The van der Waals surface area contributed by atoms with Crippen LogP contribution in [0.25, 0.3) is 0 Å². The first-order chi connectivity index (χ1) is 15.3. The smallest absolute Gasteiger partial charge is 0.270 e. The Morgan fingerprint density at radius 3 is 2.12 bits per heavy atom. The fourth-order valence-electron chi connectivity index (χ4n) is 3.11. The van der Waals surface area contributed by atoms with Gasteiger partial charge in [0.05, 0.1) is 17.6 Å². The molecule has 0 aliphatic carbocycles. The van der Waals surface area contributed by atoms with Gasteiger partial charge in [-0.2, -0.15) is 0 Å². The molecular weight excluding hydrogens is 410 g/mol. The van der Waals surface area contributed by atoms with Gasteiger partial charge in [0.2, 0.25) is 0 Å². The van der Waals surface area contributed by atoms with E-state index in [9.17, 15) is 14.9 Å². The van der Waals surface area contributed by atoms with Crippen LogP contribution >= 0.6 is 0 Å². The van der Waals surface area contributed by atoms with Crippen molar-refractivity contribution in [2.24, 2.45) is 0 Å². The monoisotopic (exact) mass is 435 g/mol. The van der Waals surface area contributed by atoms with Gasteiger partial charge >= 0.3 is 0 Å². The lowest BCUT2D eigenvalue weighted by molar-refractivity contribution is -0.384. The van der Waals surface area contributed by atoms with Crippen LogP contribution in [0.5, 0.6) is 17.2 Å². The number of nitro benzene ring substituents is 1. The fourth-order valence-corrected chi connectivity index (χ4v) is 3.11. The molecule has 0 unspecified atom stereocenters. The summed E-state index contributed by atoms with van der Waals surface area (Å²) in [6, 6.07) is 18.7. The maximum atomic E-state index is 13.2. The topological polar surface area (TPSA) is 85.1 Å². The maximum Gasteiger partial charge on any atom is 0.270 e. The van der Waals surface area contributed by atoms with E-state index in [0.717, 1.165) is 11.3 Å². The molecule has 8 heteroatoms. The van der Waals surface area contributed by atoms with E-state index in [-0.39, 0.29) is 22.9 Å². The molecule has 3 aromatic rings. The zero-order valence-electron chi connectivity index (χ0n) is 18.4. The Morgan fingerprint density at radius 2 is 1.56 bits per heavy atom. The molecule has 3 aromatic carbocycles. The number of amides is 1. The molecule has 8 nitrogen and oxygen atoms in total. The molecule has 0 aromatic heterocycles. The van der Waals surface area contributed by atoms with Crippen molar-refractivity contribution in [1.82, 2.24) is 4.90 Å². The molecular formula is C24H25N3O5. The van der Waals surface area contributed by atoms with Crippen molar-refractivity contribution in [1.29, 1.82) is 0 Å². The third-order valence-corrected chi connectivity index (χ3v) is 4.91. The van der Waals surface area contributed by atoms with Gasteiger partial charge in [-0.05, 0) is 48.0 Å². The minimum atomic E-state index is -0.534. The average Bonchev–Trinajstić information content (AvgIpc) is 2.79. The summed E-state index contributed by atoms with van der Waals surface area (Å²) < 4.78 is 11.0. The van der Waals surface area contributed by atoms with Crippen LogP contribution in [0.4, 0.5) is 11.4 Å². The molecule has 0 saturated heterocycles. The number of hydrogen-bond acceptors (Lipinski definition) is 6. The average molecular weight is 435 g/mol. The predicted octanol–water partition coefficient (Wildman–Crippen LogP) is 4.73. The summed E-state index contributed by atoms with van der Waals surface area (Å²) in [5, 5.41) is 11.3. The van der Waals surface area contributed by atoms with Crippen LogP contribution in [0.3, 0.4) is 0 Å². The van der Waals surface area contributed by atoms with Crippen molar-refractivity contribution in [2.75, 3.05) is 33.2 Å².